The van der Waals surface area contributed by atoms with Crippen LogP contribution in [0.4, 0.5) is 11.4 Å². The maximum Gasteiger partial charge on any atom is 0.300 e. The van der Waals surface area contributed by atoms with Crippen LogP contribution in [0, 0.1) is 0 Å². The molecule has 2 aromatic carbocycles. The van der Waals surface area contributed by atoms with Crippen molar-refractivity contribution in [2.45, 2.75) is 13.0 Å². The van der Waals surface area contributed by atoms with Crippen LogP contribution in [-0.4, -0.2) is 27.7 Å². The number of hydrogen-bond donors (Lipinski definition) is 2. The normalized spacial score (nSPS) is 17.3. The van der Waals surface area contributed by atoms with Gasteiger partial charge in [0.05, 0.1) is 21.3 Å². The Hall–Kier alpha value is -3.68. The van der Waals surface area contributed by atoms with Crippen molar-refractivity contribution in [1.29, 1.82) is 0 Å². The smallest absolute Gasteiger partial charge is 0.300 e. The van der Waals surface area contributed by atoms with Crippen molar-refractivity contribution in [2.24, 2.45) is 0 Å². The molecular weight excluding hydrogens is 465 g/mol. The van der Waals surface area contributed by atoms with E-state index in [9.17, 15) is 19.5 Å². The van der Waals surface area contributed by atoms with E-state index in [2.05, 4.69) is 10.3 Å². The summed E-state index contributed by atoms with van der Waals surface area (Å²) in [5.74, 6) is -2.31. The number of aliphatic hydroxyl groups is 1. The number of carbonyl (C=O) groups is 3. The summed E-state index contributed by atoms with van der Waals surface area (Å²) in [6.45, 7) is 1.39. The van der Waals surface area contributed by atoms with E-state index in [1.54, 1.807) is 42.5 Å². The van der Waals surface area contributed by atoms with Crippen molar-refractivity contribution in [2.75, 3.05) is 10.2 Å². The first-order valence-electron chi connectivity index (χ1n) is 9.83. The fourth-order valence-electron chi connectivity index (χ4n) is 3.62. The Morgan fingerprint density at radius 1 is 1.03 bits per heavy atom. The van der Waals surface area contributed by atoms with Crippen LogP contribution in [0.15, 0.2) is 72.4 Å². The number of anilines is 2. The van der Waals surface area contributed by atoms with Crippen LogP contribution < -0.4 is 10.2 Å². The largest absolute Gasteiger partial charge is 0.507 e. The number of Topliss-reactive ketones (excluding diaryl/α,β-unsaturated/α-hetero) is 1. The van der Waals surface area contributed by atoms with E-state index in [4.69, 9.17) is 23.2 Å². The minimum Gasteiger partial charge on any atom is -0.507 e. The van der Waals surface area contributed by atoms with Crippen molar-refractivity contribution < 1.29 is 19.5 Å². The summed E-state index contributed by atoms with van der Waals surface area (Å²) in [5, 5.41) is 14.2. The third kappa shape index (κ3) is 4.33. The standard InChI is InChI=1S/C24H17Cl2N3O4/c1-13(30)28-15-6-8-16(9-7-15)29-21(19-4-2-3-11-27-19)20(23(32)24(29)33)22(31)14-5-10-17(25)18(26)12-14/h2-12,21,31H,1H3,(H,28,30)/b22-20-. The van der Waals surface area contributed by atoms with E-state index in [-0.39, 0.29) is 32.8 Å². The Balaban J connectivity index is 1.87. The number of rotatable bonds is 4. The number of amides is 2. The molecule has 166 valence electrons. The van der Waals surface area contributed by atoms with Gasteiger partial charge in [0.25, 0.3) is 11.7 Å². The van der Waals surface area contributed by atoms with Crippen LogP contribution in [0.2, 0.25) is 10.0 Å². The van der Waals surface area contributed by atoms with Crippen LogP contribution in [0.5, 0.6) is 0 Å². The molecule has 9 heteroatoms. The first-order chi connectivity index (χ1) is 15.8. The lowest BCUT2D eigenvalue weighted by molar-refractivity contribution is -0.132. The topological polar surface area (TPSA) is 99.6 Å². The molecule has 1 aliphatic heterocycles. The highest BCUT2D eigenvalue weighted by Gasteiger charge is 2.47. The molecule has 0 bridgehead atoms. The molecule has 2 N–H and O–H groups in total. The van der Waals surface area contributed by atoms with Crippen molar-refractivity contribution in [3.63, 3.8) is 0 Å². The van der Waals surface area contributed by atoms with Crippen LogP contribution in [0.25, 0.3) is 5.76 Å². The summed E-state index contributed by atoms with van der Waals surface area (Å²) in [6, 6.07) is 15.0. The third-order valence-electron chi connectivity index (χ3n) is 5.07. The Kier molecular flexibility index (Phi) is 6.18. The van der Waals surface area contributed by atoms with E-state index in [0.29, 0.717) is 17.1 Å². The molecule has 1 fully saturated rings. The number of hydrogen-bond acceptors (Lipinski definition) is 5. The zero-order valence-corrected chi connectivity index (χ0v) is 18.8. The molecule has 2 amide bonds. The molecule has 0 radical (unpaired) electrons. The number of nitrogens with zero attached hydrogens (tertiary/aromatic N) is 2. The number of aliphatic hydroxyl groups excluding tert-OH is 1. The van der Waals surface area contributed by atoms with Gasteiger partial charge in [-0.3, -0.25) is 24.3 Å². The van der Waals surface area contributed by atoms with Crippen molar-refractivity contribution >= 4 is 57.9 Å². The molecule has 33 heavy (non-hydrogen) atoms. The first kappa shape index (κ1) is 22.5. The molecule has 1 aliphatic rings. The van der Waals surface area contributed by atoms with Gasteiger partial charge in [-0.2, -0.15) is 0 Å². The summed E-state index contributed by atoms with van der Waals surface area (Å²) in [6.07, 6.45) is 1.54. The summed E-state index contributed by atoms with van der Waals surface area (Å²) >= 11 is 12.1. The Morgan fingerprint density at radius 3 is 2.36 bits per heavy atom. The molecule has 4 rings (SSSR count). The molecule has 1 unspecified atom stereocenters. The van der Waals surface area contributed by atoms with Gasteiger partial charge in [-0.05, 0) is 54.6 Å². The van der Waals surface area contributed by atoms with Gasteiger partial charge in [-0.15, -0.1) is 0 Å². The average molecular weight is 482 g/mol. The number of aromatic nitrogens is 1. The molecule has 1 atom stereocenters. The highest BCUT2D eigenvalue weighted by molar-refractivity contribution is 6.51. The molecule has 3 aromatic rings. The highest BCUT2D eigenvalue weighted by Crippen LogP contribution is 2.42. The van der Waals surface area contributed by atoms with E-state index in [1.807, 2.05) is 0 Å². The van der Waals surface area contributed by atoms with Crippen molar-refractivity contribution in [3.8, 4) is 0 Å². The second-order valence-electron chi connectivity index (χ2n) is 7.28. The third-order valence-corrected chi connectivity index (χ3v) is 5.81. The van der Waals surface area contributed by atoms with Crippen molar-refractivity contribution in [1.82, 2.24) is 4.98 Å². The quantitative estimate of drug-likeness (QED) is 0.311. The Morgan fingerprint density at radius 2 is 1.76 bits per heavy atom. The molecule has 0 saturated carbocycles. The van der Waals surface area contributed by atoms with Gasteiger partial charge in [-0.1, -0.05) is 29.3 Å². The van der Waals surface area contributed by atoms with Crippen LogP contribution in [0.3, 0.4) is 0 Å². The molecular formula is C24H17Cl2N3O4. The summed E-state index contributed by atoms with van der Waals surface area (Å²) < 4.78 is 0. The number of nitrogens with one attached hydrogen (secondary N) is 1. The van der Waals surface area contributed by atoms with Gasteiger partial charge in [0.2, 0.25) is 5.91 Å². The van der Waals surface area contributed by atoms with E-state index >= 15 is 0 Å². The first-order valence-corrected chi connectivity index (χ1v) is 10.6. The van der Waals surface area contributed by atoms with Crippen LogP contribution >= 0.6 is 23.2 Å². The van der Waals surface area contributed by atoms with Crippen molar-refractivity contribution in [3.05, 3.63) is 93.7 Å². The number of carbonyl (C=O) groups excluding carboxylic acids is 3. The minimum atomic E-state index is -0.979. The van der Waals surface area contributed by atoms with E-state index < -0.39 is 17.7 Å². The summed E-state index contributed by atoms with van der Waals surface area (Å²) in [5.41, 5.74) is 1.44. The fraction of sp³-hybridized carbons (Fsp3) is 0.0833. The van der Waals surface area contributed by atoms with E-state index in [0.717, 1.165) is 0 Å². The maximum absolute atomic E-state index is 13.1. The van der Waals surface area contributed by atoms with E-state index in [1.165, 1.54) is 36.2 Å². The predicted octanol–water partition coefficient (Wildman–Crippen LogP) is 4.97. The van der Waals surface area contributed by atoms with Crippen LogP contribution in [-0.2, 0) is 14.4 Å². The molecule has 0 spiro atoms. The average Bonchev–Trinajstić information content (AvgIpc) is 3.06. The van der Waals surface area contributed by atoms with Gasteiger partial charge < -0.3 is 10.4 Å². The second kappa shape index (κ2) is 9.05. The zero-order chi connectivity index (χ0) is 23.7. The number of pyridine rings is 1. The maximum atomic E-state index is 13.1. The van der Waals surface area contributed by atoms with Gasteiger partial charge >= 0.3 is 0 Å². The molecule has 1 saturated heterocycles. The lowest BCUT2D eigenvalue weighted by atomic mass is 9.98. The number of benzene rings is 2. The fourth-order valence-corrected chi connectivity index (χ4v) is 3.92. The number of ketones is 1. The Labute approximate surface area is 199 Å². The lowest BCUT2D eigenvalue weighted by Gasteiger charge is -2.24. The minimum absolute atomic E-state index is 0.122. The van der Waals surface area contributed by atoms with Gasteiger partial charge in [0, 0.05) is 30.1 Å². The number of halogens is 2. The lowest BCUT2D eigenvalue weighted by Crippen LogP contribution is -2.29. The molecule has 1 aromatic heterocycles. The highest BCUT2D eigenvalue weighted by atomic mass is 35.5. The molecule has 2 heterocycles. The molecule has 7 nitrogen and oxygen atoms in total. The Bertz CT molecular complexity index is 1290. The SMILES string of the molecule is CC(=O)Nc1ccc(N2C(=O)C(=O)/C(=C(\O)c3ccc(Cl)c(Cl)c3)C2c2ccccn2)cc1. The summed E-state index contributed by atoms with van der Waals surface area (Å²) in [7, 11) is 0. The second-order valence-corrected chi connectivity index (χ2v) is 8.10. The van der Waals surface area contributed by atoms with Gasteiger partial charge in [0.1, 0.15) is 11.8 Å². The van der Waals surface area contributed by atoms with Gasteiger partial charge in [0.15, 0.2) is 0 Å². The molecule has 0 aliphatic carbocycles. The monoisotopic (exact) mass is 481 g/mol. The zero-order valence-electron chi connectivity index (χ0n) is 17.3. The van der Waals surface area contributed by atoms with Gasteiger partial charge in [-0.25, -0.2) is 0 Å². The predicted molar refractivity (Wildman–Crippen MR) is 126 cm³/mol. The van der Waals surface area contributed by atoms with Crippen LogP contribution in [0.1, 0.15) is 24.2 Å². The summed E-state index contributed by atoms with van der Waals surface area (Å²) in [4.78, 5) is 43.1.